The lowest BCUT2D eigenvalue weighted by Gasteiger charge is -2.17. The minimum Gasteiger partial charge on any atom is -1.00 e. The Kier molecular flexibility index (Phi) is 5.33. The average Bonchev–Trinajstić information content (AvgIpc) is 2.98. The van der Waals surface area contributed by atoms with Crippen LogP contribution in [0.25, 0.3) is 11.1 Å². The van der Waals surface area contributed by atoms with Gasteiger partial charge in [0.25, 0.3) is 0 Å². The van der Waals surface area contributed by atoms with Gasteiger partial charge in [0.2, 0.25) is 0 Å². The molecule has 0 radical (unpaired) electrons. The summed E-state index contributed by atoms with van der Waals surface area (Å²) in [4.78, 5) is 14.4. The Bertz CT molecular complexity index is 936. The Labute approximate surface area is 163 Å². The Morgan fingerprint density at radius 1 is 0.846 bits per heavy atom. The molecule has 0 spiro atoms. The molecule has 4 heteroatoms. The van der Waals surface area contributed by atoms with Gasteiger partial charge < -0.3 is 21.9 Å². The fourth-order valence-corrected chi connectivity index (χ4v) is 3.22. The van der Waals surface area contributed by atoms with Gasteiger partial charge in [-0.1, -0.05) is 78.9 Å². The molecule has 3 aromatic carbocycles. The molecule has 0 fully saturated rings. The number of nitrogens with zero attached hydrogens (tertiary/aromatic N) is 1. The van der Waals surface area contributed by atoms with Crippen LogP contribution in [0, 0.1) is 5.41 Å². The van der Waals surface area contributed by atoms with Crippen LogP contribution in [-0.2, 0) is 6.54 Å². The molecule has 1 aliphatic rings. The largest absolute Gasteiger partial charge is 1.00 e. The van der Waals surface area contributed by atoms with Crippen LogP contribution in [0.3, 0.4) is 0 Å². The fraction of sp³-hybridized carbons (Fsp3) is 0.0909. The van der Waals surface area contributed by atoms with Crippen LogP contribution in [0.5, 0.6) is 0 Å². The van der Waals surface area contributed by atoms with Crippen LogP contribution >= 0.6 is 0 Å². The molecule has 0 saturated heterocycles. The molecule has 0 saturated carbocycles. The molecule has 3 aromatic rings. The van der Waals surface area contributed by atoms with E-state index in [2.05, 4.69) is 12.1 Å². The van der Waals surface area contributed by atoms with Crippen molar-refractivity contribution < 1.29 is 21.8 Å². The highest BCUT2D eigenvalue weighted by Gasteiger charge is 2.25. The molecule has 1 aliphatic heterocycles. The second-order valence-electron chi connectivity index (χ2n) is 6.23. The van der Waals surface area contributed by atoms with Crippen molar-refractivity contribution in [1.29, 1.82) is 5.41 Å². The lowest BCUT2D eigenvalue weighted by atomic mass is 10.0. The van der Waals surface area contributed by atoms with E-state index < -0.39 is 0 Å². The molecular formula is C22H18BrN2O-. The second kappa shape index (κ2) is 7.67. The predicted molar refractivity (Wildman–Crippen MR) is 99.9 cm³/mol. The number of amidine groups is 1. The van der Waals surface area contributed by atoms with Crippen molar-refractivity contribution in [2.75, 3.05) is 6.54 Å². The lowest BCUT2D eigenvalue weighted by molar-refractivity contribution is -0.0000130. The molecule has 1 N–H and O–H groups in total. The standard InChI is InChI=1S/C22H18N2O.BrH/c23-22-20-9-5-4-8-19(20)14-24(22)15-21(25)18-12-10-17(11-13-18)16-6-2-1-3-7-16;/h1-13,23H,14-15H2;1H/p-1. The Balaban J connectivity index is 0.00000196. The Hall–Kier alpha value is -2.72. The van der Waals surface area contributed by atoms with Gasteiger partial charge in [-0.05, 0) is 16.7 Å². The number of Topliss-reactive ketones (excluding diaryl/α,β-unsaturated/α-hetero) is 1. The van der Waals surface area contributed by atoms with E-state index in [1.165, 1.54) is 0 Å². The van der Waals surface area contributed by atoms with E-state index in [4.69, 9.17) is 5.41 Å². The van der Waals surface area contributed by atoms with Gasteiger partial charge in [0.05, 0.1) is 6.54 Å². The van der Waals surface area contributed by atoms with Gasteiger partial charge in [0.15, 0.2) is 5.78 Å². The SMILES string of the molecule is N=C1c2ccccc2CN1CC(=O)c1ccc(-c2ccccc2)cc1.[Br-]. The van der Waals surface area contributed by atoms with Gasteiger partial charge in [-0.15, -0.1) is 0 Å². The van der Waals surface area contributed by atoms with E-state index in [-0.39, 0.29) is 29.3 Å². The predicted octanol–water partition coefficient (Wildman–Crippen LogP) is 1.38. The third-order valence-electron chi connectivity index (χ3n) is 4.60. The first kappa shape index (κ1) is 18.1. The number of hydrogen-bond donors (Lipinski definition) is 1. The number of fused-ring (bicyclic) bond motifs is 1. The minimum atomic E-state index is 0. The molecule has 26 heavy (non-hydrogen) atoms. The molecule has 3 nitrogen and oxygen atoms in total. The van der Waals surface area contributed by atoms with E-state index in [1.54, 1.807) is 0 Å². The quantitative estimate of drug-likeness (QED) is 0.666. The molecule has 1 heterocycles. The second-order valence-corrected chi connectivity index (χ2v) is 6.23. The maximum atomic E-state index is 12.6. The fourth-order valence-electron chi connectivity index (χ4n) is 3.22. The zero-order valence-electron chi connectivity index (χ0n) is 14.2. The van der Waals surface area contributed by atoms with E-state index in [0.717, 1.165) is 22.3 Å². The first-order chi connectivity index (χ1) is 12.2. The van der Waals surface area contributed by atoms with Crippen molar-refractivity contribution in [2.24, 2.45) is 0 Å². The highest BCUT2D eigenvalue weighted by molar-refractivity contribution is 6.05. The molecule has 0 amide bonds. The van der Waals surface area contributed by atoms with Crippen LogP contribution in [0.1, 0.15) is 21.5 Å². The van der Waals surface area contributed by atoms with E-state index in [0.29, 0.717) is 17.9 Å². The summed E-state index contributed by atoms with van der Waals surface area (Å²) in [5.41, 5.74) is 4.95. The van der Waals surface area contributed by atoms with Crippen LogP contribution in [0.2, 0.25) is 0 Å². The molecule has 0 bridgehead atoms. The van der Waals surface area contributed by atoms with Crippen molar-refractivity contribution in [3.05, 3.63) is 95.6 Å². The summed E-state index contributed by atoms with van der Waals surface area (Å²) in [5, 5.41) is 8.26. The maximum Gasteiger partial charge on any atom is 0.182 e. The van der Waals surface area contributed by atoms with Gasteiger partial charge in [-0.25, -0.2) is 0 Å². The minimum absolute atomic E-state index is 0. The van der Waals surface area contributed by atoms with E-state index in [1.807, 2.05) is 71.6 Å². The summed E-state index contributed by atoms with van der Waals surface area (Å²) in [7, 11) is 0. The molecule has 0 atom stereocenters. The third kappa shape index (κ3) is 3.46. The normalized spacial score (nSPS) is 12.5. The molecule has 0 aliphatic carbocycles. The van der Waals surface area contributed by atoms with Gasteiger partial charge >= 0.3 is 0 Å². The number of hydrogen-bond acceptors (Lipinski definition) is 2. The van der Waals surface area contributed by atoms with Crippen LogP contribution in [0.4, 0.5) is 0 Å². The summed E-state index contributed by atoms with van der Waals surface area (Å²) in [6.45, 7) is 0.862. The first-order valence-corrected chi connectivity index (χ1v) is 8.33. The van der Waals surface area contributed by atoms with Crippen molar-refractivity contribution >= 4 is 11.6 Å². The highest BCUT2D eigenvalue weighted by atomic mass is 79.9. The smallest absolute Gasteiger partial charge is 0.182 e. The van der Waals surface area contributed by atoms with Gasteiger partial charge in [0.1, 0.15) is 5.84 Å². The van der Waals surface area contributed by atoms with Crippen molar-refractivity contribution in [3.8, 4) is 11.1 Å². The molecule has 0 unspecified atom stereocenters. The maximum absolute atomic E-state index is 12.6. The monoisotopic (exact) mass is 405 g/mol. The first-order valence-electron chi connectivity index (χ1n) is 8.33. The summed E-state index contributed by atoms with van der Waals surface area (Å²) in [5.74, 6) is 0.474. The van der Waals surface area contributed by atoms with E-state index >= 15 is 0 Å². The summed E-state index contributed by atoms with van der Waals surface area (Å²) < 4.78 is 0. The van der Waals surface area contributed by atoms with Crippen LogP contribution in [0.15, 0.2) is 78.9 Å². The highest BCUT2D eigenvalue weighted by Crippen LogP contribution is 2.23. The van der Waals surface area contributed by atoms with Crippen molar-refractivity contribution in [1.82, 2.24) is 4.90 Å². The van der Waals surface area contributed by atoms with Gasteiger partial charge in [0, 0.05) is 17.7 Å². The number of rotatable bonds is 4. The Morgan fingerprint density at radius 3 is 2.15 bits per heavy atom. The van der Waals surface area contributed by atoms with Crippen molar-refractivity contribution in [3.63, 3.8) is 0 Å². The van der Waals surface area contributed by atoms with Crippen molar-refractivity contribution in [2.45, 2.75) is 6.54 Å². The topological polar surface area (TPSA) is 44.2 Å². The number of carbonyl (C=O) groups excluding carboxylic acids is 1. The Morgan fingerprint density at radius 2 is 1.46 bits per heavy atom. The summed E-state index contributed by atoms with van der Waals surface area (Å²) in [6, 6.07) is 25.7. The zero-order valence-corrected chi connectivity index (χ0v) is 15.7. The number of halogens is 1. The summed E-state index contributed by atoms with van der Waals surface area (Å²) >= 11 is 0. The number of nitrogens with one attached hydrogen (secondary N) is 1. The average molecular weight is 406 g/mol. The number of benzene rings is 3. The van der Waals surface area contributed by atoms with E-state index in [9.17, 15) is 4.79 Å². The third-order valence-corrected chi connectivity index (χ3v) is 4.60. The zero-order chi connectivity index (χ0) is 17.2. The molecule has 4 rings (SSSR count). The molecule has 130 valence electrons. The van der Waals surface area contributed by atoms with Crippen LogP contribution in [-0.4, -0.2) is 23.1 Å². The van der Waals surface area contributed by atoms with Gasteiger partial charge in [-0.3, -0.25) is 10.2 Å². The molecular weight excluding hydrogens is 388 g/mol. The molecule has 0 aromatic heterocycles. The number of ketones is 1. The van der Waals surface area contributed by atoms with Gasteiger partial charge in [-0.2, -0.15) is 0 Å². The lowest BCUT2D eigenvalue weighted by Crippen LogP contribution is -3.00. The van der Waals surface area contributed by atoms with Crippen LogP contribution < -0.4 is 17.0 Å². The summed E-state index contributed by atoms with van der Waals surface area (Å²) in [6.07, 6.45) is 0. The number of carbonyl (C=O) groups is 1.